The second-order valence-corrected chi connectivity index (χ2v) is 8.46. The maximum Gasteiger partial charge on any atom is 0.336 e. The van der Waals surface area contributed by atoms with Crippen molar-refractivity contribution in [2.24, 2.45) is 5.92 Å². The van der Waals surface area contributed by atoms with Crippen LogP contribution in [0.3, 0.4) is 0 Å². The topological polar surface area (TPSA) is 63.3 Å². The van der Waals surface area contributed by atoms with Gasteiger partial charge in [-0.25, -0.2) is 9.78 Å². The van der Waals surface area contributed by atoms with Gasteiger partial charge in [-0.1, -0.05) is 36.7 Å². The number of pyridine rings is 1. The molecule has 2 heterocycles. The third-order valence-corrected chi connectivity index (χ3v) is 5.96. The summed E-state index contributed by atoms with van der Waals surface area (Å²) in [5.74, 6) is 0.869. The molecule has 1 unspecified atom stereocenters. The molecule has 0 amide bonds. The quantitative estimate of drug-likeness (QED) is 0.382. The van der Waals surface area contributed by atoms with Crippen LogP contribution in [0.2, 0.25) is 5.02 Å². The number of furan rings is 1. The molecule has 0 fully saturated rings. The fraction of sp³-hybridized carbons (Fsp3) is 0.154. The van der Waals surface area contributed by atoms with Gasteiger partial charge in [-0.05, 0) is 78.4 Å². The van der Waals surface area contributed by atoms with E-state index in [2.05, 4.69) is 6.92 Å². The summed E-state index contributed by atoms with van der Waals surface area (Å²) in [5.41, 5.74) is 4.57. The van der Waals surface area contributed by atoms with Crippen molar-refractivity contribution >= 4 is 40.1 Å². The molecule has 1 aliphatic carbocycles. The third kappa shape index (κ3) is 3.64. The number of carbonyl (C=O) groups is 1. The summed E-state index contributed by atoms with van der Waals surface area (Å²) in [6.45, 7) is 2.14. The minimum atomic E-state index is -0.911. The Bertz CT molecular complexity index is 1330. The monoisotopic (exact) mass is 429 g/mol. The summed E-state index contributed by atoms with van der Waals surface area (Å²) in [6.07, 6.45) is 3.50. The number of hydrogen-bond acceptors (Lipinski definition) is 3. The molecule has 0 bridgehead atoms. The molecular weight excluding hydrogens is 410 g/mol. The molecule has 1 N–H and O–H groups in total. The summed E-state index contributed by atoms with van der Waals surface area (Å²) >= 11 is 5.98. The summed E-state index contributed by atoms with van der Waals surface area (Å²) in [4.78, 5) is 17.0. The fourth-order valence-corrected chi connectivity index (χ4v) is 4.48. The highest BCUT2D eigenvalue weighted by molar-refractivity contribution is 6.30. The van der Waals surface area contributed by atoms with E-state index in [1.807, 2.05) is 66.7 Å². The molecule has 1 atom stereocenters. The van der Waals surface area contributed by atoms with Gasteiger partial charge in [0.25, 0.3) is 0 Å². The zero-order chi connectivity index (χ0) is 21.5. The standard InChI is InChI=1S/C26H20ClNO3/c1-15-12-17(14-19-10-11-23(31-19)16-6-8-18(27)9-7-16)25-21(13-15)24(26(29)30)20-4-2-3-5-22(20)28-25/h2-11,14-15H,12-13H2,1H3,(H,29,30)/b17-14+. The van der Waals surface area contributed by atoms with Crippen molar-refractivity contribution in [1.82, 2.24) is 4.98 Å². The minimum absolute atomic E-state index is 0.311. The summed E-state index contributed by atoms with van der Waals surface area (Å²) in [5, 5.41) is 11.3. The molecule has 5 rings (SSSR count). The van der Waals surface area contributed by atoms with E-state index in [0.717, 1.165) is 34.6 Å². The Hall–Kier alpha value is -3.37. The van der Waals surface area contributed by atoms with Crippen LogP contribution in [-0.4, -0.2) is 16.1 Å². The predicted molar refractivity (Wildman–Crippen MR) is 123 cm³/mol. The number of nitrogens with zero attached hydrogens (tertiary/aromatic N) is 1. The Kier molecular flexibility index (Phi) is 4.87. The molecule has 5 heteroatoms. The number of para-hydroxylation sites is 1. The first-order valence-electron chi connectivity index (χ1n) is 10.2. The molecule has 4 nitrogen and oxygen atoms in total. The lowest BCUT2D eigenvalue weighted by atomic mass is 9.81. The van der Waals surface area contributed by atoms with E-state index in [1.54, 1.807) is 0 Å². The Morgan fingerprint density at radius 1 is 1.10 bits per heavy atom. The number of halogens is 1. The van der Waals surface area contributed by atoms with Crippen LogP contribution in [0, 0.1) is 5.92 Å². The normalized spacial score (nSPS) is 17.1. The first-order chi connectivity index (χ1) is 15.0. The largest absolute Gasteiger partial charge is 0.478 e. The van der Waals surface area contributed by atoms with Gasteiger partial charge in [0.1, 0.15) is 11.5 Å². The molecule has 4 aromatic rings. The maximum absolute atomic E-state index is 12.2. The first kappa shape index (κ1) is 19.6. The fourth-order valence-electron chi connectivity index (χ4n) is 4.35. The number of carboxylic acid groups (broad SMARTS) is 1. The van der Waals surface area contributed by atoms with Crippen molar-refractivity contribution in [3.05, 3.63) is 88.3 Å². The van der Waals surface area contributed by atoms with Crippen molar-refractivity contribution < 1.29 is 14.3 Å². The van der Waals surface area contributed by atoms with E-state index in [9.17, 15) is 9.90 Å². The lowest BCUT2D eigenvalue weighted by molar-refractivity contribution is 0.0697. The second-order valence-electron chi connectivity index (χ2n) is 8.03. The average Bonchev–Trinajstić information content (AvgIpc) is 3.21. The molecule has 0 spiro atoms. The highest BCUT2D eigenvalue weighted by atomic mass is 35.5. The Morgan fingerprint density at radius 2 is 1.87 bits per heavy atom. The molecule has 154 valence electrons. The summed E-state index contributed by atoms with van der Waals surface area (Å²) < 4.78 is 6.06. The van der Waals surface area contributed by atoms with Gasteiger partial charge >= 0.3 is 5.97 Å². The van der Waals surface area contributed by atoms with Gasteiger partial charge in [0.05, 0.1) is 16.8 Å². The molecule has 0 saturated heterocycles. The van der Waals surface area contributed by atoms with Crippen LogP contribution in [0.25, 0.3) is 33.9 Å². The number of hydrogen-bond donors (Lipinski definition) is 1. The van der Waals surface area contributed by atoms with Crippen LogP contribution in [0.15, 0.2) is 65.1 Å². The smallest absolute Gasteiger partial charge is 0.336 e. The number of aromatic carboxylic acids is 1. The third-order valence-electron chi connectivity index (χ3n) is 5.70. The Balaban J connectivity index is 1.63. The van der Waals surface area contributed by atoms with Crippen molar-refractivity contribution in [1.29, 1.82) is 0 Å². The van der Waals surface area contributed by atoms with Crippen LogP contribution in [0.1, 0.15) is 40.7 Å². The molecule has 0 radical (unpaired) electrons. The number of fused-ring (bicyclic) bond motifs is 2. The number of benzene rings is 2. The zero-order valence-electron chi connectivity index (χ0n) is 16.9. The Morgan fingerprint density at radius 3 is 2.65 bits per heavy atom. The maximum atomic E-state index is 12.2. The van der Waals surface area contributed by atoms with Gasteiger partial charge < -0.3 is 9.52 Å². The van der Waals surface area contributed by atoms with Crippen LogP contribution in [0.5, 0.6) is 0 Å². The van der Waals surface area contributed by atoms with Gasteiger partial charge in [0, 0.05) is 16.0 Å². The zero-order valence-corrected chi connectivity index (χ0v) is 17.7. The van der Waals surface area contributed by atoms with E-state index in [-0.39, 0.29) is 0 Å². The van der Waals surface area contributed by atoms with Gasteiger partial charge in [0.15, 0.2) is 0 Å². The highest BCUT2D eigenvalue weighted by Gasteiger charge is 2.28. The van der Waals surface area contributed by atoms with E-state index in [0.29, 0.717) is 39.6 Å². The van der Waals surface area contributed by atoms with Gasteiger partial charge in [-0.3, -0.25) is 0 Å². The van der Waals surface area contributed by atoms with Crippen LogP contribution >= 0.6 is 11.6 Å². The Labute approximate surface area is 184 Å². The van der Waals surface area contributed by atoms with E-state index >= 15 is 0 Å². The summed E-state index contributed by atoms with van der Waals surface area (Å²) in [7, 11) is 0. The predicted octanol–water partition coefficient (Wildman–Crippen LogP) is 6.97. The number of rotatable bonds is 3. The van der Waals surface area contributed by atoms with Gasteiger partial charge in [0.2, 0.25) is 0 Å². The minimum Gasteiger partial charge on any atom is -0.478 e. The molecule has 0 aliphatic heterocycles. The van der Waals surface area contributed by atoms with Crippen molar-refractivity contribution in [3.8, 4) is 11.3 Å². The van der Waals surface area contributed by atoms with Crippen molar-refractivity contribution in [3.63, 3.8) is 0 Å². The van der Waals surface area contributed by atoms with Crippen LogP contribution in [-0.2, 0) is 6.42 Å². The first-order valence-corrected chi connectivity index (χ1v) is 10.6. The molecular formula is C26H20ClNO3. The number of allylic oxidation sites excluding steroid dienone is 1. The van der Waals surface area contributed by atoms with Crippen LogP contribution in [0.4, 0.5) is 0 Å². The molecule has 2 aromatic heterocycles. The van der Waals surface area contributed by atoms with Gasteiger partial charge in [-0.2, -0.15) is 0 Å². The molecule has 0 saturated carbocycles. The summed E-state index contributed by atoms with van der Waals surface area (Å²) in [6, 6.07) is 18.8. The van der Waals surface area contributed by atoms with Crippen LogP contribution < -0.4 is 0 Å². The van der Waals surface area contributed by atoms with E-state index < -0.39 is 5.97 Å². The van der Waals surface area contributed by atoms with E-state index in [4.69, 9.17) is 21.0 Å². The van der Waals surface area contributed by atoms with E-state index in [1.165, 1.54) is 0 Å². The van der Waals surface area contributed by atoms with Crippen molar-refractivity contribution in [2.75, 3.05) is 0 Å². The van der Waals surface area contributed by atoms with Gasteiger partial charge in [-0.15, -0.1) is 0 Å². The molecule has 31 heavy (non-hydrogen) atoms. The molecule has 1 aliphatic rings. The number of carboxylic acids is 1. The van der Waals surface area contributed by atoms with Crippen molar-refractivity contribution in [2.45, 2.75) is 19.8 Å². The number of aromatic nitrogens is 1. The average molecular weight is 430 g/mol. The SMILES string of the molecule is CC1C/C(=C\c2ccc(-c3ccc(Cl)cc3)o2)c2nc3ccccc3c(C(=O)O)c2C1. The lowest BCUT2D eigenvalue weighted by Crippen LogP contribution is -2.17. The lowest BCUT2D eigenvalue weighted by Gasteiger charge is -2.25. The molecule has 2 aromatic carbocycles. The highest BCUT2D eigenvalue weighted by Crippen LogP contribution is 2.39. The second kappa shape index (κ2) is 7.71.